The molecule has 2 heterocycles. The lowest BCUT2D eigenvalue weighted by atomic mass is 10.2. The quantitative estimate of drug-likeness (QED) is 0.275. The first-order chi connectivity index (χ1) is 12.9. The molecule has 0 aliphatic heterocycles. The maximum absolute atomic E-state index is 12.5. The number of nitrogens with zero attached hydrogens (tertiary/aromatic N) is 2. The third kappa shape index (κ3) is 4.60. The van der Waals surface area contributed by atoms with Gasteiger partial charge in [-0.25, -0.2) is 9.78 Å². The Morgan fingerprint density at radius 2 is 2.19 bits per heavy atom. The van der Waals surface area contributed by atoms with Crippen LogP contribution in [0.4, 0.5) is 5.69 Å². The third-order valence-electron chi connectivity index (χ3n) is 3.42. The van der Waals surface area contributed by atoms with Gasteiger partial charge >= 0.3 is 5.97 Å². The molecule has 0 aliphatic carbocycles. The Morgan fingerprint density at radius 3 is 2.81 bits per heavy atom. The van der Waals surface area contributed by atoms with Gasteiger partial charge in [0, 0.05) is 34.3 Å². The first kappa shape index (κ1) is 18.8. The topological polar surface area (TPSA) is 115 Å². The summed E-state index contributed by atoms with van der Waals surface area (Å²) in [6, 6.07) is 7.15. The van der Waals surface area contributed by atoms with E-state index in [4.69, 9.17) is 4.74 Å². The molecule has 0 spiro atoms. The van der Waals surface area contributed by atoms with E-state index in [-0.39, 0.29) is 11.3 Å². The number of esters is 1. The van der Waals surface area contributed by atoms with Crippen molar-refractivity contribution in [3.05, 3.63) is 69.0 Å². The van der Waals surface area contributed by atoms with Crippen LogP contribution in [0.25, 0.3) is 0 Å². The summed E-state index contributed by atoms with van der Waals surface area (Å²) < 4.78 is 5.76. The number of hydrogen-bond donors (Lipinski definition) is 1. The van der Waals surface area contributed by atoms with Gasteiger partial charge in [0.2, 0.25) is 5.78 Å². The number of ketones is 1. The average molecular weight is 403 g/mol. The number of carbonyl (C=O) groups excluding carboxylic acids is 2. The monoisotopic (exact) mass is 403 g/mol. The number of ether oxygens (including phenoxy) is 1. The van der Waals surface area contributed by atoms with Crippen molar-refractivity contribution >= 4 is 40.5 Å². The van der Waals surface area contributed by atoms with Crippen LogP contribution in [0, 0.1) is 17.0 Å². The van der Waals surface area contributed by atoms with Crippen LogP contribution in [0.15, 0.2) is 51.1 Å². The van der Waals surface area contributed by atoms with E-state index in [2.05, 4.69) is 9.97 Å². The number of carbonyl (C=O) groups is 2. The van der Waals surface area contributed by atoms with Crippen LogP contribution in [0.2, 0.25) is 0 Å². The molecule has 0 bridgehead atoms. The summed E-state index contributed by atoms with van der Waals surface area (Å²) in [7, 11) is 0. The highest BCUT2D eigenvalue weighted by molar-refractivity contribution is 8.01. The van der Waals surface area contributed by atoms with E-state index >= 15 is 0 Å². The van der Waals surface area contributed by atoms with E-state index in [1.165, 1.54) is 35.2 Å². The fourth-order valence-corrected chi connectivity index (χ4v) is 4.04. The van der Waals surface area contributed by atoms with E-state index in [1.807, 2.05) is 12.3 Å². The van der Waals surface area contributed by atoms with Crippen LogP contribution in [-0.4, -0.2) is 33.3 Å². The molecule has 1 aromatic carbocycles. The number of H-pyrrole nitrogens is 1. The number of nitro groups is 1. The minimum absolute atomic E-state index is 0.0151. The number of nitrogens with one attached hydrogen (secondary N) is 1. The Balaban J connectivity index is 1.81. The lowest BCUT2D eigenvalue weighted by Gasteiger charge is -2.08. The van der Waals surface area contributed by atoms with E-state index in [1.54, 1.807) is 18.3 Å². The van der Waals surface area contributed by atoms with E-state index in [0.29, 0.717) is 14.9 Å². The van der Waals surface area contributed by atoms with E-state index < -0.39 is 23.3 Å². The van der Waals surface area contributed by atoms with Crippen molar-refractivity contribution in [1.29, 1.82) is 0 Å². The molecule has 0 radical (unpaired) electrons. The average Bonchev–Trinajstić information content (AvgIpc) is 3.31. The Morgan fingerprint density at radius 1 is 1.37 bits per heavy atom. The standard InChI is InChI=1S/C17H13N3O5S2/c1-10-9-26-17(19-10)27-15-5-4-11(20(23)24)7-12(15)16(22)25-8-14(21)13-3-2-6-18-13/h2-7,9,18H,8H2,1H3. The molecule has 0 fully saturated rings. The molecule has 3 aromatic rings. The summed E-state index contributed by atoms with van der Waals surface area (Å²) in [6.45, 7) is 1.38. The molecule has 3 rings (SSSR count). The van der Waals surface area contributed by atoms with Crippen molar-refractivity contribution in [3.8, 4) is 0 Å². The molecule has 27 heavy (non-hydrogen) atoms. The van der Waals surface area contributed by atoms with Crippen LogP contribution >= 0.6 is 23.1 Å². The van der Waals surface area contributed by atoms with Crippen molar-refractivity contribution in [2.45, 2.75) is 16.2 Å². The number of thiazole rings is 1. The van der Waals surface area contributed by atoms with Gasteiger partial charge in [-0.3, -0.25) is 14.9 Å². The van der Waals surface area contributed by atoms with Gasteiger partial charge < -0.3 is 9.72 Å². The number of rotatable bonds is 7. The number of hydrogen-bond acceptors (Lipinski definition) is 8. The van der Waals surface area contributed by atoms with Crippen LogP contribution < -0.4 is 0 Å². The minimum Gasteiger partial charge on any atom is -0.454 e. The first-order valence-corrected chi connectivity index (χ1v) is 9.36. The number of nitro benzene ring substituents is 1. The SMILES string of the molecule is Cc1csc(Sc2ccc([N+](=O)[O-])cc2C(=O)OCC(=O)c2ccc[nH]2)n1. The summed E-state index contributed by atoms with van der Waals surface area (Å²) >= 11 is 2.61. The maximum Gasteiger partial charge on any atom is 0.339 e. The Labute approximate surface area is 161 Å². The van der Waals surface area contributed by atoms with Crippen molar-refractivity contribution in [3.63, 3.8) is 0 Å². The number of aromatic amines is 1. The number of Topliss-reactive ketones (excluding diaryl/α,β-unsaturated/α-hetero) is 1. The van der Waals surface area contributed by atoms with Crippen LogP contribution in [0.1, 0.15) is 26.5 Å². The molecular formula is C17H13N3O5S2. The second-order valence-corrected chi connectivity index (χ2v) is 7.52. The molecule has 0 unspecified atom stereocenters. The zero-order valence-electron chi connectivity index (χ0n) is 14.0. The van der Waals surface area contributed by atoms with Gasteiger partial charge in [0.25, 0.3) is 5.69 Å². The summed E-state index contributed by atoms with van der Waals surface area (Å²) in [5.74, 6) is -1.21. The smallest absolute Gasteiger partial charge is 0.339 e. The third-order valence-corrected chi connectivity index (χ3v) is 5.55. The molecular weight excluding hydrogens is 390 g/mol. The molecule has 1 N–H and O–H groups in total. The number of non-ortho nitro benzene ring substituents is 1. The van der Waals surface area contributed by atoms with Gasteiger partial charge in [-0.05, 0) is 25.1 Å². The first-order valence-electron chi connectivity index (χ1n) is 7.66. The molecule has 138 valence electrons. The van der Waals surface area contributed by atoms with Gasteiger partial charge in [-0.2, -0.15) is 0 Å². The number of benzene rings is 1. The predicted molar refractivity (Wildman–Crippen MR) is 99.5 cm³/mol. The second-order valence-electron chi connectivity index (χ2n) is 5.38. The van der Waals surface area contributed by atoms with Gasteiger partial charge in [0.05, 0.1) is 16.2 Å². The van der Waals surface area contributed by atoms with Crippen LogP contribution in [0.5, 0.6) is 0 Å². The maximum atomic E-state index is 12.5. The van der Waals surface area contributed by atoms with Crippen molar-refractivity contribution in [1.82, 2.24) is 9.97 Å². The van der Waals surface area contributed by atoms with Crippen LogP contribution in [-0.2, 0) is 4.74 Å². The van der Waals surface area contributed by atoms with Crippen molar-refractivity contribution < 1.29 is 19.2 Å². The molecule has 0 saturated carbocycles. The van der Waals surface area contributed by atoms with Gasteiger partial charge in [-0.15, -0.1) is 11.3 Å². The fraction of sp³-hybridized carbons (Fsp3) is 0.118. The molecule has 0 atom stereocenters. The van der Waals surface area contributed by atoms with E-state index in [9.17, 15) is 19.7 Å². The number of aromatic nitrogens is 2. The summed E-state index contributed by atoms with van der Waals surface area (Å²) in [5.41, 5.74) is 0.929. The zero-order valence-corrected chi connectivity index (χ0v) is 15.6. The highest BCUT2D eigenvalue weighted by Gasteiger charge is 2.21. The van der Waals surface area contributed by atoms with E-state index in [0.717, 1.165) is 11.8 Å². The largest absolute Gasteiger partial charge is 0.454 e. The molecule has 0 saturated heterocycles. The Bertz CT molecular complexity index is 998. The Kier molecular flexibility index (Phi) is 5.67. The normalized spacial score (nSPS) is 10.6. The lowest BCUT2D eigenvalue weighted by molar-refractivity contribution is -0.384. The molecule has 2 aromatic heterocycles. The van der Waals surface area contributed by atoms with Gasteiger partial charge in [-0.1, -0.05) is 11.8 Å². The number of aryl methyl sites for hydroxylation is 1. The highest BCUT2D eigenvalue weighted by Crippen LogP contribution is 2.34. The fourth-order valence-electron chi connectivity index (χ4n) is 2.14. The van der Waals surface area contributed by atoms with Crippen molar-refractivity contribution in [2.24, 2.45) is 0 Å². The predicted octanol–water partition coefficient (Wildman–Crippen LogP) is 3.88. The summed E-state index contributed by atoms with van der Waals surface area (Å²) in [5, 5.41) is 12.9. The molecule has 0 aliphatic rings. The zero-order chi connectivity index (χ0) is 19.4. The van der Waals surface area contributed by atoms with Gasteiger partial charge in [0.1, 0.15) is 0 Å². The summed E-state index contributed by atoms with van der Waals surface area (Å²) in [6.07, 6.45) is 1.58. The Hall–Kier alpha value is -2.98. The summed E-state index contributed by atoms with van der Waals surface area (Å²) in [4.78, 5) is 42.4. The van der Waals surface area contributed by atoms with Crippen LogP contribution in [0.3, 0.4) is 0 Å². The molecule has 10 heteroatoms. The second kappa shape index (κ2) is 8.14. The molecule has 8 nitrogen and oxygen atoms in total. The highest BCUT2D eigenvalue weighted by atomic mass is 32.2. The van der Waals surface area contributed by atoms with Gasteiger partial charge in [0.15, 0.2) is 10.9 Å². The molecule has 0 amide bonds. The van der Waals surface area contributed by atoms with Crippen molar-refractivity contribution in [2.75, 3.05) is 6.61 Å². The minimum atomic E-state index is -0.811. The lowest BCUT2D eigenvalue weighted by Crippen LogP contribution is -2.15.